The van der Waals surface area contributed by atoms with Gasteiger partial charge in [0.2, 0.25) is 0 Å². The molecule has 4 heteroatoms. The van der Waals surface area contributed by atoms with E-state index in [9.17, 15) is 4.39 Å². The second-order valence-electron chi connectivity index (χ2n) is 9.57. The van der Waals surface area contributed by atoms with Crippen molar-refractivity contribution in [2.45, 2.75) is 6.92 Å². The number of anilines is 6. The largest absolute Gasteiger partial charge is 0.454 e. The van der Waals surface area contributed by atoms with Crippen molar-refractivity contribution in [3.63, 3.8) is 0 Å². The maximum absolute atomic E-state index is 13.8. The van der Waals surface area contributed by atoms with Crippen LogP contribution in [0, 0.1) is 5.82 Å². The number of hydrogen-bond donors (Lipinski definition) is 0. The van der Waals surface area contributed by atoms with E-state index in [1.165, 1.54) is 12.1 Å². The zero-order valence-electron chi connectivity index (χ0n) is 22.7. The average molecular weight is 537 g/mol. The van der Waals surface area contributed by atoms with Gasteiger partial charge in [0.1, 0.15) is 11.6 Å². The van der Waals surface area contributed by atoms with Gasteiger partial charge in [-0.15, -0.1) is 0 Å². The summed E-state index contributed by atoms with van der Waals surface area (Å²) in [6.07, 6.45) is 5.83. The van der Waals surface area contributed by atoms with Crippen molar-refractivity contribution in [2.75, 3.05) is 9.80 Å². The van der Waals surface area contributed by atoms with Crippen molar-refractivity contribution in [2.24, 2.45) is 0 Å². The Morgan fingerprint density at radius 1 is 0.610 bits per heavy atom. The molecule has 0 aliphatic rings. The first-order chi connectivity index (χ1) is 20.2. The number of fused-ring (bicyclic) bond motifs is 1. The first kappa shape index (κ1) is 25.9. The van der Waals surface area contributed by atoms with Crippen LogP contribution in [-0.2, 0) is 0 Å². The summed E-state index contributed by atoms with van der Waals surface area (Å²) < 4.78 is 20.2. The lowest BCUT2D eigenvalue weighted by Gasteiger charge is -2.28. The molecule has 0 radical (unpaired) electrons. The molecule has 3 nitrogen and oxygen atoms in total. The maximum atomic E-state index is 13.8. The number of nitrogens with zero attached hydrogens (tertiary/aromatic N) is 2. The van der Waals surface area contributed by atoms with E-state index in [0.717, 1.165) is 56.4 Å². The molecule has 0 saturated heterocycles. The van der Waals surface area contributed by atoms with Gasteiger partial charge in [0.05, 0.1) is 5.69 Å². The fourth-order valence-corrected chi connectivity index (χ4v) is 5.18. The van der Waals surface area contributed by atoms with Gasteiger partial charge in [-0.25, -0.2) is 4.39 Å². The van der Waals surface area contributed by atoms with Crippen LogP contribution in [0.5, 0.6) is 0 Å². The van der Waals surface area contributed by atoms with E-state index in [0.29, 0.717) is 0 Å². The van der Waals surface area contributed by atoms with Crippen molar-refractivity contribution < 1.29 is 8.81 Å². The average Bonchev–Trinajstić information content (AvgIpc) is 3.39. The smallest absolute Gasteiger partial charge is 0.159 e. The molecule has 0 amide bonds. The van der Waals surface area contributed by atoms with Crippen molar-refractivity contribution in [1.82, 2.24) is 0 Å². The molecule has 6 aromatic rings. The molecule has 200 valence electrons. The molecule has 0 atom stereocenters. The van der Waals surface area contributed by atoms with Crippen molar-refractivity contribution in [3.8, 4) is 0 Å². The Morgan fingerprint density at radius 2 is 1.12 bits per heavy atom. The zero-order chi connectivity index (χ0) is 28.2. The molecule has 0 N–H and O–H groups in total. The van der Waals surface area contributed by atoms with Gasteiger partial charge in [-0.3, -0.25) is 0 Å². The van der Waals surface area contributed by atoms with Gasteiger partial charge in [-0.05, 0) is 91.9 Å². The van der Waals surface area contributed by atoms with Gasteiger partial charge >= 0.3 is 0 Å². The number of furan rings is 1. The molecule has 1 aromatic heterocycles. The number of benzene rings is 5. The highest BCUT2D eigenvalue weighted by Gasteiger charge is 2.21. The fourth-order valence-electron chi connectivity index (χ4n) is 5.18. The standard InChI is InChI=1S/C37H29FN2O/c1-3-12-33-34-17-11-18-35(37(34)41-36(33)4-2)40(29-15-9-6-10-16-29)32-25-23-31(24-26-32)39(28-13-7-5-8-14-28)30-21-19-27(38)20-22-30/h3-26H,2H2,1H3/b12-3-. The molecule has 0 saturated carbocycles. The number of allylic oxidation sites excluding steroid dienone is 1. The van der Waals surface area contributed by atoms with E-state index >= 15 is 0 Å². The summed E-state index contributed by atoms with van der Waals surface area (Å²) in [5, 5.41) is 1.03. The summed E-state index contributed by atoms with van der Waals surface area (Å²) in [6, 6.07) is 41.5. The Hall–Kier alpha value is -5.35. The minimum absolute atomic E-state index is 0.264. The second-order valence-corrected chi connectivity index (χ2v) is 9.57. The monoisotopic (exact) mass is 536 g/mol. The third-order valence-corrected chi connectivity index (χ3v) is 7.00. The van der Waals surface area contributed by atoms with Gasteiger partial charge < -0.3 is 14.2 Å². The van der Waals surface area contributed by atoms with E-state index in [4.69, 9.17) is 4.42 Å². The summed E-state index contributed by atoms with van der Waals surface area (Å²) in [7, 11) is 0. The van der Waals surface area contributed by atoms with Gasteiger partial charge in [0.25, 0.3) is 0 Å². The summed E-state index contributed by atoms with van der Waals surface area (Å²) in [4.78, 5) is 4.32. The Kier molecular flexibility index (Phi) is 7.21. The maximum Gasteiger partial charge on any atom is 0.159 e. The first-order valence-electron chi connectivity index (χ1n) is 13.5. The molecule has 0 fully saturated rings. The minimum atomic E-state index is -0.264. The highest BCUT2D eigenvalue weighted by Crippen LogP contribution is 2.43. The fraction of sp³-hybridized carbons (Fsp3) is 0.0270. The molecule has 6 rings (SSSR count). The van der Waals surface area contributed by atoms with E-state index < -0.39 is 0 Å². The third-order valence-electron chi connectivity index (χ3n) is 7.00. The van der Waals surface area contributed by atoms with Crippen LogP contribution in [0.4, 0.5) is 38.5 Å². The Bertz CT molecular complexity index is 1810. The third kappa shape index (κ3) is 5.04. The molecule has 1 heterocycles. The van der Waals surface area contributed by atoms with E-state index in [-0.39, 0.29) is 5.82 Å². The molecule has 0 spiro atoms. The molecular formula is C37H29FN2O. The van der Waals surface area contributed by atoms with Crippen LogP contribution in [0.15, 0.2) is 144 Å². The first-order valence-corrected chi connectivity index (χ1v) is 13.5. The van der Waals surface area contributed by atoms with Gasteiger partial charge in [0.15, 0.2) is 5.58 Å². The Labute approximate surface area is 239 Å². The molecule has 41 heavy (non-hydrogen) atoms. The lowest BCUT2D eigenvalue weighted by Crippen LogP contribution is -2.12. The van der Waals surface area contributed by atoms with E-state index in [1.807, 2.05) is 61.5 Å². The zero-order valence-corrected chi connectivity index (χ0v) is 22.7. The van der Waals surface area contributed by atoms with E-state index in [1.54, 1.807) is 18.2 Å². The molecule has 0 aliphatic heterocycles. The van der Waals surface area contributed by atoms with Gasteiger partial charge in [0, 0.05) is 39.4 Å². The molecule has 5 aromatic carbocycles. The molecule has 0 bridgehead atoms. The van der Waals surface area contributed by atoms with Crippen LogP contribution in [0.1, 0.15) is 18.2 Å². The predicted molar refractivity (Wildman–Crippen MR) is 170 cm³/mol. The van der Waals surface area contributed by atoms with Crippen LogP contribution >= 0.6 is 0 Å². The van der Waals surface area contributed by atoms with Crippen LogP contribution in [0.25, 0.3) is 23.1 Å². The number of para-hydroxylation sites is 3. The number of halogens is 1. The Morgan fingerprint density at radius 3 is 1.68 bits per heavy atom. The highest BCUT2D eigenvalue weighted by molar-refractivity contribution is 6.01. The number of rotatable bonds is 8. The van der Waals surface area contributed by atoms with Crippen molar-refractivity contribution in [1.29, 1.82) is 0 Å². The van der Waals surface area contributed by atoms with Gasteiger partial charge in [-0.1, -0.05) is 67.3 Å². The quantitative estimate of drug-likeness (QED) is 0.193. The van der Waals surface area contributed by atoms with Crippen LogP contribution in [-0.4, -0.2) is 0 Å². The summed E-state index contributed by atoms with van der Waals surface area (Å²) in [5.74, 6) is 0.478. The summed E-state index contributed by atoms with van der Waals surface area (Å²) in [5.41, 5.74) is 7.54. The predicted octanol–water partition coefficient (Wildman–Crippen LogP) is 11.2. The van der Waals surface area contributed by atoms with Crippen molar-refractivity contribution in [3.05, 3.63) is 157 Å². The highest BCUT2D eigenvalue weighted by atomic mass is 19.1. The lowest BCUT2D eigenvalue weighted by atomic mass is 10.1. The second kappa shape index (κ2) is 11.4. The van der Waals surface area contributed by atoms with Crippen molar-refractivity contribution >= 4 is 57.2 Å². The number of hydrogen-bond acceptors (Lipinski definition) is 3. The normalized spacial score (nSPS) is 11.2. The topological polar surface area (TPSA) is 19.6 Å². The van der Waals surface area contributed by atoms with Gasteiger partial charge in [-0.2, -0.15) is 0 Å². The minimum Gasteiger partial charge on any atom is -0.454 e. The van der Waals surface area contributed by atoms with E-state index in [2.05, 4.69) is 77.1 Å². The molecular weight excluding hydrogens is 507 g/mol. The lowest BCUT2D eigenvalue weighted by molar-refractivity contribution is 0.604. The molecule has 0 unspecified atom stereocenters. The van der Waals surface area contributed by atoms with Crippen LogP contribution in [0.3, 0.4) is 0 Å². The van der Waals surface area contributed by atoms with Crippen LogP contribution < -0.4 is 9.80 Å². The Balaban J connectivity index is 1.49. The summed E-state index contributed by atoms with van der Waals surface area (Å²) >= 11 is 0. The summed E-state index contributed by atoms with van der Waals surface area (Å²) in [6.45, 7) is 5.97. The van der Waals surface area contributed by atoms with Crippen LogP contribution in [0.2, 0.25) is 0 Å². The SMILES string of the molecule is C=Cc1oc2c(N(c3ccccc3)c3ccc(N(c4ccccc4)c4ccc(F)cc4)cc3)cccc2c1/C=C\C. The molecule has 0 aliphatic carbocycles.